The zero-order valence-electron chi connectivity index (χ0n) is 14.5. The van der Waals surface area contributed by atoms with E-state index in [4.69, 9.17) is 4.74 Å². The quantitative estimate of drug-likeness (QED) is 0.870. The summed E-state index contributed by atoms with van der Waals surface area (Å²) in [5, 5.41) is 3.44. The van der Waals surface area contributed by atoms with E-state index in [2.05, 4.69) is 28.4 Å². The lowest BCUT2D eigenvalue weighted by molar-refractivity contribution is -0.161. The molecule has 23 heavy (non-hydrogen) atoms. The third kappa shape index (κ3) is 4.05. The van der Waals surface area contributed by atoms with Crippen LogP contribution in [0, 0.1) is 5.92 Å². The molecule has 1 fully saturated rings. The van der Waals surface area contributed by atoms with Crippen LogP contribution in [0.1, 0.15) is 44.7 Å². The van der Waals surface area contributed by atoms with Crippen molar-refractivity contribution in [2.75, 3.05) is 25.0 Å². The molecule has 4 heteroatoms. The smallest absolute Gasteiger partial charge is 0.309 e. The Labute approximate surface area is 139 Å². The molecule has 1 aromatic carbocycles. The minimum Gasteiger partial charge on any atom is -0.460 e. The van der Waals surface area contributed by atoms with Crippen LogP contribution in [0.2, 0.25) is 0 Å². The number of ether oxygens (including phenoxy) is 1. The van der Waals surface area contributed by atoms with Gasteiger partial charge in [-0.2, -0.15) is 0 Å². The van der Waals surface area contributed by atoms with E-state index in [0.717, 1.165) is 45.4 Å². The molecule has 2 heterocycles. The normalized spacial score (nSPS) is 19.3. The van der Waals surface area contributed by atoms with Gasteiger partial charge >= 0.3 is 5.97 Å². The number of nitrogens with one attached hydrogen (secondary N) is 1. The van der Waals surface area contributed by atoms with Crippen molar-refractivity contribution in [1.29, 1.82) is 0 Å². The number of esters is 1. The molecule has 0 radical (unpaired) electrons. The summed E-state index contributed by atoms with van der Waals surface area (Å²) in [5.74, 6) is 0.0376. The first-order valence-electron chi connectivity index (χ1n) is 8.72. The topological polar surface area (TPSA) is 41.6 Å². The molecule has 1 N–H and O–H groups in total. The van der Waals surface area contributed by atoms with Crippen LogP contribution < -0.4 is 5.32 Å². The summed E-state index contributed by atoms with van der Waals surface area (Å²) >= 11 is 0. The van der Waals surface area contributed by atoms with Crippen molar-refractivity contribution in [3.63, 3.8) is 0 Å². The number of likely N-dealkylation sites (tertiary alicyclic amines) is 1. The first kappa shape index (κ1) is 16.3. The van der Waals surface area contributed by atoms with Gasteiger partial charge in [-0.25, -0.2) is 0 Å². The predicted octanol–water partition coefficient (Wildman–Crippen LogP) is 3.21. The predicted molar refractivity (Wildman–Crippen MR) is 92.5 cm³/mol. The van der Waals surface area contributed by atoms with Crippen molar-refractivity contribution in [2.24, 2.45) is 5.92 Å². The highest BCUT2D eigenvalue weighted by molar-refractivity contribution is 5.73. The minimum absolute atomic E-state index is 0.0260. The summed E-state index contributed by atoms with van der Waals surface area (Å²) in [6.45, 7) is 9.79. The Morgan fingerprint density at radius 1 is 1.30 bits per heavy atom. The fraction of sp³-hybridized carbons (Fsp3) is 0.632. The van der Waals surface area contributed by atoms with Gasteiger partial charge in [0.1, 0.15) is 5.60 Å². The number of carbonyl (C=O) groups is 1. The van der Waals surface area contributed by atoms with Crippen LogP contribution >= 0.6 is 0 Å². The van der Waals surface area contributed by atoms with Crippen LogP contribution in [-0.4, -0.2) is 36.1 Å². The first-order valence-corrected chi connectivity index (χ1v) is 8.72. The van der Waals surface area contributed by atoms with Crippen LogP contribution in [0.5, 0.6) is 0 Å². The van der Waals surface area contributed by atoms with Crippen LogP contribution in [0.4, 0.5) is 5.69 Å². The molecule has 1 aromatic rings. The monoisotopic (exact) mass is 316 g/mol. The van der Waals surface area contributed by atoms with Crippen molar-refractivity contribution in [3.05, 3.63) is 29.3 Å². The van der Waals surface area contributed by atoms with Crippen LogP contribution in [0.15, 0.2) is 18.2 Å². The van der Waals surface area contributed by atoms with E-state index in [1.807, 2.05) is 20.8 Å². The number of benzene rings is 1. The molecule has 0 aliphatic carbocycles. The second kappa shape index (κ2) is 6.52. The Balaban J connectivity index is 1.54. The number of anilines is 1. The summed E-state index contributed by atoms with van der Waals surface area (Å²) in [5.41, 5.74) is 3.82. The van der Waals surface area contributed by atoms with Crippen molar-refractivity contribution in [2.45, 2.75) is 52.2 Å². The van der Waals surface area contributed by atoms with Gasteiger partial charge in [-0.3, -0.25) is 9.69 Å². The number of hydrogen-bond acceptors (Lipinski definition) is 4. The highest BCUT2D eigenvalue weighted by atomic mass is 16.6. The van der Waals surface area contributed by atoms with Gasteiger partial charge in [0.15, 0.2) is 0 Å². The Kier molecular flexibility index (Phi) is 4.62. The zero-order chi connectivity index (χ0) is 16.4. The largest absolute Gasteiger partial charge is 0.460 e. The van der Waals surface area contributed by atoms with Gasteiger partial charge in [-0.05, 0) is 70.3 Å². The van der Waals surface area contributed by atoms with Gasteiger partial charge in [-0.15, -0.1) is 0 Å². The second-order valence-corrected chi connectivity index (χ2v) is 7.70. The van der Waals surface area contributed by atoms with Gasteiger partial charge in [0.05, 0.1) is 5.92 Å². The number of nitrogens with zero attached hydrogens (tertiary/aromatic N) is 1. The molecular formula is C19H28N2O2. The van der Waals surface area contributed by atoms with Crippen molar-refractivity contribution >= 4 is 11.7 Å². The molecule has 0 saturated carbocycles. The summed E-state index contributed by atoms with van der Waals surface area (Å²) in [6.07, 6.45) is 2.93. The number of carbonyl (C=O) groups excluding carboxylic acids is 1. The number of fused-ring (bicyclic) bond motifs is 1. The second-order valence-electron chi connectivity index (χ2n) is 7.70. The lowest BCUT2D eigenvalue weighted by Crippen LogP contribution is -2.38. The number of rotatable bonds is 3. The lowest BCUT2D eigenvalue weighted by Gasteiger charge is -2.32. The Morgan fingerprint density at radius 3 is 2.74 bits per heavy atom. The molecule has 2 aliphatic rings. The standard InChI is InChI=1S/C19H28N2O2/c1-19(2,3)23-18(22)14-8-11-21(12-9-14)13-15-5-4-6-17-16(15)7-10-20-17/h4-6,14,20H,7-13H2,1-3H3. The summed E-state index contributed by atoms with van der Waals surface area (Å²) in [6, 6.07) is 6.55. The molecule has 0 unspecified atom stereocenters. The molecule has 3 rings (SSSR count). The molecular weight excluding hydrogens is 288 g/mol. The van der Waals surface area contributed by atoms with E-state index in [9.17, 15) is 4.79 Å². The van der Waals surface area contributed by atoms with Crippen LogP contribution in [0.25, 0.3) is 0 Å². The van der Waals surface area contributed by atoms with Crippen LogP contribution in [0.3, 0.4) is 0 Å². The number of piperidine rings is 1. The summed E-state index contributed by atoms with van der Waals surface area (Å²) in [7, 11) is 0. The van der Waals surface area contributed by atoms with Crippen molar-refractivity contribution in [1.82, 2.24) is 4.90 Å². The Hall–Kier alpha value is -1.55. The van der Waals surface area contributed by atoms with E-state index in [1.165, 1.54) is 16.8 Å². The van der Waals surface area contributed by atoms with E-state index >= 15 is 0 Å². The summed E-state index contributed by atoms with van der Waals surface area (Å²) < 4.78 is 5.53. The zero-order valence-corrected chi connectivity index (χ0v) is 14.5. The molecule has 1 saturated heterocycles. The van der Waals surface area contributed by atoms with E-state index < -0.39 is 0 Å². The molecule has 2 aliphatic heterocycles. The van der Waals surface area contributed by atoms with Gasteiger partial charge in [0.2, 0.25) is 0 Å². The fourth-order valence-electron chi connectivity index (χ4n) is 3.52. The van der Waals surface area contributed by atoms with Crippen molar-refractivity contribution in [3.8, 4) is 0 Å². The SMILES string of the molecule is CC(C)(C)OC(=O)C1CCN(Cc2cccc3c2CCN3)CC1. The third-order valence-electron chi connectivity index (χ3n) is 4.69. The van der Waals surface area contributed by atoms with Gasteiger partial charge in [0.25, 0.3) is 0 Å². The average molecular weight is 316 g/mol. The van der Waals surface area contributed by atoms with E-state index in [1.54, 1.807) is 0 Å². The third-order valence-corrected chi connectivity index (χ3v) is 4.69. The Morgan fingerprint density at radius 2 is 2.04 bits per heavy atom. The maximum atomic E-state index is 12.2. The maximum Gasteiger partial charge on any atom is 0.309 e. The molecule has 0 bridgehead atoms. The molecule has 0 aromatic heterocycles. The maximum absolute atomic E-state index is 12.2. The minimum atomic E-state index is -0.383. The van der Waals surface area contributed by atoms with Gasteiger partial charge in [-0.1, -0.05) is 12.1 Å². The highest BCUT2D eigenvalue weighted by Crippen LogP contribution is 2.28. The first-order chi connectivity index (χ1) is 10.9. The molecule has 0 spiro atoms. The highest BCUT2D eigenvalue weighted by Gasteiger charge is 2.29. The van der Waals surface area contributed by atoms with Crippen LogP contribution in [-0.2, 0) is 22.5 Å². The molecule has 4 nitrogen and oxygen atoms in total. The van der Waals surface area contributed by atoms with Crippen molar-refractivity contribution < 1.29 is 9.53 Å². The molecule has 0 amide bonds. The average Bonchev–Trinajstić information content (AvgIpc) is 2.96. The summed E-state index contributed by atoms with van der Waals surface area (Å²) in [4.78, 5) is 14.7. The molecule has 126 valence electrons. The lowest BCUT2D eigenvalue weighted by atomic mass is 9.95. The van der Waals surface area contributed by atoms with Gasteiger partial charge in [0, 0.05) is 18.8 Å². The molecule has 0 atom stereocenters. The fourth-order valence-corrected chi connectivity index (χ4v) is 3.52. The van der Waals surface area contributed by atoms with Gasteiger partial charge < -0.3 is 10.1 Å². The Bertz CT molecular complexity index is 569. The van der Waals surface area contributed by atoms with E-state index in [-0.39, 0.29) is 17.5 Å². The van der Waals surface area contributed by atoms with E-state index in [0.29, 0.717) is 0 Å². The number of hydrogen-bond donors (Lipinski definition) is 1.